The summed E-state index contributed by atoms with van der Waals surface area (Å²) in [6.07, 6.45) is 0. The summed E-state index contributed by atoms with van der Waals surface area (Å²) < 4.78 is 0. The molecule has 0 aliphatic heterocycles. The third-order valence-electron chi connectivity index (χ3n) is 2.70. The van der Waals surface area contributed by atoms with Crippen LogP contribution in [-0.4, -0.2) is 21.4 Å². The number of urea groups is 1. The Balaban J connectivity index is 1.76. The van der Waals surface area contributed by atoms with Gasteiger partial charge in [-0.05, 0) is 36.4 Å². The van der Waals surface area contributed by atoms with Crippen molar-refractivity contribution >= 4 is 40.0 Å². The van der Waals surface area contributed by atoms with E-state index in [4.69, 9.17) is 11.6 Å². The Kier molecular flexibility index (Phi) is 3.22. The van der Waals surface area contributed by atoms with Crippen molar-refractivity contribution in [3.63, 3.8) is 0 Å². The van der Waals surface area contributed by atoms with Gasteiger partial charge in [-0.15, -0.1) is 0 Å². The van der Waals surface area contributed by atoms with Gasteiger partial charge in [0.2, 0.25) is 0 Å². The Morgan fingerprint density at radius 1 is 1.05 bits per heavy atom. The zero-order chi connectivity index (χ0) is 13.9. The van der Waals surface area contributed by atoms with E-state index < -0.39 is 0 Å². The molecule has 100 valence electrons. The minimum atomic E-state index is -0.358. The van der Waals surface area contributed by atoms with Crippen LogP contribution in [0.4, 0.5) is 16.2 Å². The van der Waals surface area contributed by atoms with Crippen LogP contribution in [0.1, 0.15) is 0 Å². The van der Waals surface area contributed by atoms with Crippen molar-refractivity contribution in [3.8, 4) is 0 Å². The summed E-state index contributed by atoms with van der Waals surface area (Å²) in [5.41, 5.74) is 2.54. The van der Waals surface area contributed by atoms with Gasteiger partial charge in [-0.3, -0.25) is 0 Å². The molecule has 1 aromatic heterocycles. The summed E-state index contributed by atoms with van der Waals surface area (Å²) in [7, 11) is 0. The van der Waals surface area contributed by atoms with E-state index in [1.807, 2.05) is 0 Å². The molecule has 2 amide bonds. The number of carbonyl (C=O) groups is 1. The minimum Gasteiger partial charge on any atom is -0.308 e. The molecule has 0 saturated heterocycles. The van der Waals surface area contributed by atoms with Crippen LogP contribution >= 0.6 is 11.6 Å². The molecule has 0 unspecified atom stereocenters. The number of carbonyl (C=O) groups excluding carboxylic acids is 1. The van der Waals surface area contributed by atoms with Gasteiger partial charge in [0.25, 0.3) is 0 Å². The molecule has 0 fully saturated rings. The molecule has 0 saturated carbocycles. The predicted octanol–water partition coefficient (Wildman–Crippen LogP) is 3.26. The minimum absolute atomic E-state index is 0.358. The number of hydrogen-bond donors (Lipinski definition) is 3. The highest BCUT2D eigenvalue weighted by Crippen LogP contribution is 2.19. The number of rotatable bonds is 2. The highest BCUT2D eigenvalue weighted by Gasteiger charge is 2.08. The van der Waals surface area contributed by atoms with Crippen LogP contribution in [0.2, 0.25) is 5.02 Å². The lowest BCUT2D eigenvalue weighted by Gasteiger charge is -2.07. The average Bonchev–Trinajstić information content (AvgIpc) is 2.91. The number of hydrogen-bond acceptors (Lipinski definition) is 3. The van der Waals surface area contributed by atoms with Gasteiger partial charge in [-0.25, -0.2) is 4.79 Å². The number of fused-ring (bicyclic) bond motifs is 1. The highest BCUT2D eigenvalue weighted by molar-refractivity contribution is 6.30. The number of nitrogens with one attached hydrogen (secondary N) is 3. The summed E-state index contributed by atoms with van der Waals surface area (Å²) >= 11 is 5.78. The molecule has 0 radical (unpaired) electrons. The quantitative estimate of drug-likeness (QED) is 0.676. The summed E-state index contributed by atoms with van der Waals surface area (Å²) in [6, 6.07) is 11.8. The van der Waals surface area contributed by atoms with Crippen molar-refractivity contribution in [2.24, 2.45) is 0 Å². The first-order chi connectivity index (χ1) is 9.72. The van der Waals surface area contributed by atoms with E-state index in [9.17, 15) is 4.79 Å². The van der Waals surface area contributed by atoms with E-state index in [1.54, 1.807) is 42.5 Å². The second kappa shape index (κ2) is 5.18. The second-order valence-electron chi connectivity index (χ2n) is 4.08. The highest BCUT2D eigenvalue weighted by atomic mass is 35.5. The number of aromatic amines is 1. The maximum atomic E-state index is 11.9. The van der Waals surface area contributed by atoms with Crippen LogP contribution in [0, 0.1) is 0 Å². The topological polar surface area (TPSA) is 82.7 Å². The molecular weight excluding hydrogens is 278 g/mol. The number of halogens is 1. The molecule has 0 bridgehead atoms. The monoisotopic (exact) mass is 287 g/mol. The second-order valence-corrected chi connectivity index (χ2v) is 4.52. The lowest BCUT2D eigenvalue weighted by molar-refractivity contribution is 0.262. The van der Waals surface area contributed by atoms with E-state index in [0.717, 1.165) is 0 Å². The van der Waals surface area contributed by atoms with Crippen LogP contribution in [0.25, 0.3) is 11.0 Å². The van der Waals surface area contributed by atoms with E-state index in [-0.39, 0.29) is 6.03 Å². The van der Waals surface area contributed by atoms with Gasteiger partial charge in [0.05, 0.1) is 5.69 Å². The number of benzene rings is 2. The van der Waals surface area contributed by atoms with Gasteiger partial charge in [-0.1, -0.05) is 17.7 Å². The fourth-order valence-electron chi connectivity index (χ4n) is 1.79. The molecule has 2 aromatic carbocycles. The fourth-order valence-corrected chi connectivity index (χ4v) is 1.91. The van der Waals surface area contributed by atoms with Gasteiger partial charge in [0.1, 0.15) is 11.0 Å². The maximum Gasteiger partial charge on any atom is 0.323 e. The lowest BCUT2D eigenvalue weighted by atomic mass is 10.2. The first-order valence-corrected chi connectivity index (χ1v) is 6.23. The smallest absolute Gasteiger partial charge is 0.308 e. The summed E-state index contributed by atoms with van der Waals surface area (Å²) in [4.78, 5) is 11.9. The van der Waals surface area contributed by atoms with Crippen LogP contribution in [0.15, 0.2) is 42.5 Å². The Bertz CT molecular complexity index is 753. The van der Waals surface area contributed by atoms with E-state index in [1.165, 1.54) is 0 Å². The third-order valence-corrected chi connectivity index (χ3v) is 2.95. The molecule has 6 nitrogen and oxygen atoms in total. The zero-order valence-corrected chi connectivity index (χ0v) is 11.0. The number of H-pyrrole nitrogens is 1. The Morgan fingerprint density at radius 3 is 2.65 bits per heavy atom. The standard InChI is InChI=1S/C13H10ClN5O/c14-8-4-6-9(7-5-8)15-13(20)16-10-2-1-3-11-12(10)18-19-17-11/h1-7H,(H2,15,16,20)(H,17,18,19). The van der Waals surface area contributed by atoms with Crippen molar-refractivity contribution in [1.82, 2.24) is 15.4 Å². The summed E-state index contributed by atoms with van der Waals surface area (Å²) in [5, 5.41) is 16.5. The van der Waals surface area contributed by atoms with Gasteiger partial charge in [-0.2, -0.15) is 15.4 Å². The van der Waals surface area contributed by atoms with E-state index in [2.05, 4.69) is 26.0 Å². The molecule has 0 aliphatic rings. The lowest BCUT2D eigenvalue weighted by Crippen LogP contribution is -2.19. The number of nitrogens with zero attached hydrogens (tertiary/aromatic N) is 2. The van der Waals surface area contributed by atoms with Crippen molar-refractivity contribution in [1.29, 1.82) is 0 Å². The molecule has 0 aliphatic carbocycles. The zero-order valence-electron chi connectivity index (χ0n) is 10.2. The first kappa shape index (κ1) is 12.4. The molecule has 0 spiro atoms. The van der Waals surface area contributed by atoms with Gasteiger partial charge >= 0.3 is 6.03 Å². The largest absolute Gasteiger partial charge is 0.323 e. The number of aromatic nitrogens is 3. The molecule has 3 aromatic rings. The van der Waals surface area contributed by atoms with Gasteiger partial charge in [0, 0.05) is 10.7 Å². The SMILES string of the molecule is O=C(Nc1ccc(Cl)cc1)Nc1cccc2n[nH]nc12. The normalized spacial score (nSPS) is 10.4. The van der Waals surface area contributed by atoms with Crippen molar-refractivity contribution in [3.05, 3.63) is 47.5 Å². The Labute approximate surface area is 119 Å². The number of para-hydroxylation sites is 1. The predicted molar refractivity (Wildman–Crippen MR) is 78.0 cm³/mol. The van der Waals surface area contributed by atoms with Crippen molar-refractivity contribution < 1.29 is 4.79 Å². The average molecular weight is 288 g/mol. The Hall–Kier alpha value is -2.60. The van der Waals surface area contributed by atoms with E-state index >= 15 is 0 Å². The van der Waals surface area contributed by atoms with Crippen molar-refractivity contribution in [2.75, 3.05) is 10.6 Å². The van der Waals surface area contributed by atoms with Crippen molar-refractivity contribution in [2.45, 2.75) is 0 Å². The molecule has 1 heterocycles. The molecule has 20 heavy (non-hydrogen) atoms. The van der Waals surface area contributed by atoms with E-state index in [0.29, 0.717) is 27.4 Å². The third kappa shape index (κ3) is 2.55. The molecule has 3 rings (SSSR count). The van der Waals surface area contributed by atoms with Crippen LogP contribution in [0.5, 0.6) is 0 Å². The summed E-state index contributed by atoms with van der Waals surface area (Å²) in [6.45, 7) is 0. The molecule has 0 atom stereocenters. The molecule has 7 heteroatoms. The first-order valence-electron chi connectivity index (χ1n) is 5.85. The maximum absolute atomic E-state index is 11.9. The fraction of sp³-hybridized carbons (Fsp3) is 0. The molecular formula is C13H10ClN5O. The summed E-state index contributed by atoms with van der Waals surface area (Å²) in [5.74, 6) is 0. The van der Waals surface area contributed by atoms with Gasteiger partial charge < -0.3 is 10.6 Å². The van der Waals surface area contributed by atoms with Crippen LogP contribution in [-0.2, 0) is 0 Å². The van der Waals surface area contributed by atoms with Crippen LogP contribution in [0.3, 0.4) is 0 Å². The van der Waals surface area contributed by atoms with Gasteiger partial charge in [0.15, 0.2) is 0 Å². The number of amides is 2. The Morgan fingerprint density at radius 2 is 1.85 bits per heavy atom. The number of anilines is 2. The molecule has 3 N–H and O–H groups in total. The van der Waals surface area contributed by atoms with Crippen LogP contribution < -0.4 is 10.6 Å².